The van der Waals surface area contributed by atoms with Crippen molar-refractivity contribution in [3.05, 3.63) is 29.8 Å². The fourth-order valence-corrected chi connectivity index (χ4v) is 2.80. The maximum atomic E-state index is 11.3. The van der Waals surface area contributed by atoms with Crippen molar-refractivity contribution in [3.8, 4) is 5.75 Å². The molecule has 0 aliphatic heterocycles. The van der Waals surface area contributed by atoms with E-state index in [4.69, 9.17) is 4.74 Å². The summed E-state index contributed by atoms with van der Waals surface area (Å²) in [6, 6.07) is 8.50. The van der Waals surface area contributed by atoms with E-state index >= 15 is 0 Å². The highest BCUT2D eigenvalue weighted by molar-refractivity contribution is 5.79. The molecule has 98 valence electrons. The number of carbonyl (C=O) groups excluding carboxylic acids is 1. The normalized spacial score (nSPS) is 18.7. The van der Waals surface area contributed by atoms with Crippen LogP contribution in [0.1, 0.15) is 37.3 Å². The maximum Gasteiger partial charge on any atom is 0.132 e. The molecule has 1 aromatic rings. The number of methoxy groups -OCH3 is 1. The summed E-state index contributed by atoms with van der Waals surface area (Å²) in [6.45, 7) is 0. The first-order valence-corrected chi connectivity index (χ1v) is 6.57. The van der Waals surface area contributed by atoms with Crippen molar-refractivity contribution in [2.45, 2.75) is 31.7 Å². The van der Waals surface area contributed by atoms with Gasteiger partial charge in [0.05, 0.1) is 7.11 Å². The number of nitrogens with one attached hydrogen (secondary N) is 1. The number of rotatable bonds is 4. The number of hydrogen-bond donors (Lipinski definition) is 1. The van der Waals surface area contributed by atoms with Crippen LogP contribution in [0.15, 0.2) is 24.3 Å². The van der Waals surface area contributed by atoms with Crippen LogP contribution in [0.4, 0.5) is 0 Å². The minimum Gasteiger partial charge on any atom is -0.497 e. The highest BCUT2D eigenvalue weighted by Crippen LogP contribution is 2.34. The lowest BCUT2D eigenvalue weighted by atomic mass is 9.80. The molecule has 0 radical (unpaired) electrons. The minimum absolute atomic E-state index is 0.313. The van der Waals surface area contributed by atoms with Gasteiger partial charge in [0, 0.05) is 18.9 Å². The van der Waals surface area contributed by atoms with Crippen LogP contribution < -0.4 is 10.1 Å². The predicted octanol–water partition coefficient (Wildman–Crippen LogP) is 2.72. The average molecular weight is 247 g/mol. The zero-order valence-electron chi connectivity index (χ0n) is 11.1. The van der Waals surface area contributed by atoms with Gasteiger partial charge in [-0.1, -0.05) is 12.1 Å². The second-order valence-corrected chi connectivity index (χ2v) is 4.92. The summed E-state index contributed by atoms with van der Waals surface area (Å²) in [5.41, 5.74) is 1.25. The Bertz CT molecular complexity index is 407. The van der Waals surface area contributed by atoms with Crippen LogP contribution in [-0.2, 0) is 4.79 Å². The van der Waals surface area contributed by atoms with Gasteiger partial charge in [-0.2, -0.15) is 0 Å². The summed E-state index contributed by atoms with van der Waals surface area (Å²) in [5.74, 6) is 1.84. The van der Waals surface area contributed by atoms with Crippen LogP contribution in [0.2, 0.25) is 0 Å². The molecule has 1 unspecified atom stereocenters. The van der Waals surface area contributed by atoms with Crippen LogP contribution in [0, 0.1) is 5.92 Å². The highest BCUT2D eigenvalue weighted by Gasteiger charge is 2.26. The van der Waals surface area contributed by atoms with Gasteiger partial charge >= 0.3 is 0 Å². The summed E-state index contributed by atoms with van der Waals surface area (Å²) in [6.07, 6.45) is 3.43. The molecule has 0 heterocycles. The first-order chi connectivity index (χ1) is 8.74. The number of ether oxygens (including phenoxy) is 1. The van der Waals surface area contributed by atoms with Crippen LogP contribution in [-0.4, -0.2) is 19.9 Å². The van der Waals surface area contributed by atoms with E-state index in [1.165, 1.54) is 5.56 Å². The van der Waals surface area contributed by atoms with Gasteiger partial charge < -0.3 is 10.1 Å². The fourth-order valence-electron chi connectivity index (χ4n) is 2.80. The Morgan fingerprint density at radius 1 is 1.33 bits per heavy atom. The van der Waals surface area contributed by atoms with Crippen molar-refractivity contribution in [1.29, 1.82) is 0 Å². The second-order valence-electron chi connectivity index (χ2n) is 4.92. The zero-order chi connectivity index (χ0) is 13.0. The second kappa shape index (κ2) is 6.01. The van der Waals surface area contributed by atoms with Crippen LogP contribution in [0.3, 0.4) is 0 Å². The molecule has 0 bridgehead atoms. The molecule has 1 saturated carbocycles. The number of hydrogen-bond acceptors (Lipinski definition) is 3. The Hall–Kier alpha value is -1.35. The summed E-state index contributed by atoms with van der Waals surface area (Å²) in [4.78, 5) is 11.3. The maximum absolute atomic E-state index is 11.3. The molecule has 1 atom stereocenters. The van der Waals surface area contributed by atoms with Crippen molar-refractivity contribution in [1.82, 2.24) is 5.32 Å². The van der Waals surface area contributed by atoms with Crippen molar-refractivity contribution in [2.75, 3.05) is 14.2 Å². The molecular formula is C15H21NO2. The standard InChI is InChI=1S/C15H21NO2/c1-16-15(11-6-8-13(17)9-7-11)12-4-3-5-14(10-12)18-2/h3-5,10-11,15-16H,6-9H2,1-2H3. The SMILES string of the molecule is CNC(c1cccc(OC)c1)C1CCC(=O)CC1. The van der Waals surface area contributed by atoms with E-state index in [9.17, 15) is 4.79 Å². The monoisotopic (exact) mass is 247 g/mol. The third kappa shape index (κ3) is 2.91. The van der Waals surface area contributed by atoms with E-state index in [1.54, 1.807) is 7.11 Å². The Balaban J connectivity index is 2.14. The van der Waals surface area contributed by atoms with Crippen molar-refractivity contribution < 1.29 is 9.53 Å². The number of carbonyl (C=O) groups is 1. The number of ketones is 1. The molecule has 3 heteroatoms. The smallest absolute Gasteiger partial charge is 0.132 e. The molecule has 0 saturated heterocycles. The number of Topliss-reactive ketones (excluding diaryl/α,β-unsaturated/α-hetero) is 1. The molecule has 2 rings (SSSR count). The Labute approximate surface area is 109 Å². The molecule has 1 aliphatic carbocycles. The van der Waals surface area contributed by atoms with E-state index in [1.807, 2.05) is 19.2 Å². The Morgan fingerprint density at radius 2 is 2.06 bits per heavy atom. The van der Waals surface area contributed by atoms with Crippen LogP contribution in [0.25, 0.3) is 0 Å². The zero-order valence-corrected chi connectivity index (χ0v) is 11.1. The molecular weight excluding hydrogens is 226 g/mol. The number of benzene rings is 1. The van der Waals surface area contributed by atoms with E-state index in [-0.39, 0.29) is 0 Å². The van der Waals surface area contributed by atoms with Gasteiger partial charge in [-0.25, -0.2) is 0 Å². The van der Waals surface area contributed by atoms with E-state index in [0.717, 1.165) is 31.4 Å². The van der Waals surface area contributed by atoms with Gasteiger partial charge in [0.25, 0.3) is 0 Å². The van der Waals surface area contributed by atoms with E-state index < -0.39 is 0 Å². The van der Waals surface area contributed by atoms with Gasteiger partial charge in [0.15, 0.2) is 0 Å². The molecule has 18 heavy (non-hydrogen) atoms. The molecule has 1 aliphatic rings. The highest BCUT2D eigenvalue weighted by atomic mass is 16.5. The lowest BCUT2D eigenvalue weighted by Crippen LogP contribution is -2.28. The predicted molar refractivity (Wildman–Crippen MR) is 71.8 cm³/mol. The lowest BCUT2D eigenvalue weighted by Gasteiger charge is -2.30. The first-order valence-electron chi connectivity index (χ1n) is 6.57. The Kier molecular flexibility index (Phi) is 4.37. The van der Waals surface area contributed by atoms with E-state index in [2.05, 4.69) is 17.4 Å². The summed E-state index contributed by atoms with van der Waals surface area (Å²) in [7, 11) is 3.67. The van der Waals surface area contributed by atoms with Gasteiger partial charge in [-0.3, -0.25) is 4.79 Å². The molecule has 1 aromatic carbocycles. The topological polar surface area (TPSA) is 38.3 Å². The molecule has 3 nitrogen and oxygen atoms in total. The minimum atomic E-state index is 0.313. The summed E-state index contributed by atoms with van der Waals surface area (Å²) in [5, 5.41) is 3.39. The van der Waals surface area contributed by atoms with Gasteiger partial charge in [0.1, 0.15) is 11.5 Å². The lowest BCUT2D eigenvalue weighted by molar-refractivity contribution is -0.121. The molecule has 1 N–H and O–H groups in total. The van der Waals surface area contributed by atoms with Gasteiger partial charge in [0.2, 0.25) is 0 Å². The van der Waals surface area contributed by atoms with Crippen LogP contribution in [0.5, 0.6) is 5.75 Å². The average Bonchev–Trinajstić information content (AvgIpc) is 2.42. The third-order valence-corrected chi connectivity index (χ3v) is 3.82. The largest absolute Gasteiger partial charge is 0.497 e. The molecule has 0 amide bonds. The fraction of sp³-hybridized carbons (Fsp3) is 0.533. The summed E-state index contributed by atoms with van der Waals surface area (Å²) < 4.78 is 5.27. The van der Waals surface area contributed by atoms with Crippen molar-refractivity contribution in [3.63, 3.8) is 0 Å². The molecule has 1 fully saturated rings. The quantitative estimate of drug-likeness (QED) is 0.889. The van der Waals surface area contributed by atoms with Gasteiger partial charge in [-0.05, 0) is 43.5 Å². The van der Waals surface area contributed by atoms with Crippen molar-refractivity contribution >= 4 is 5.78 Å². The Morgan fingerprint density at radius 3 is 2.67 bits per heavy atom. The van der Waals surface area contributed by atoms with Crippen molar-refractivity contribution in [2.24, 2.45) is 5.92 Å². The van der Waals surface area contributed by atoms with E-state index in [0.29, 0.717) is 17.7 Å². The molecule has 0 aromatic heterocycles. The molecule has 0 spiro atoms. The summed E-state index contributed by atoms with van der Waals surface area (Å²) >= 11 is 0. The third-order valence-electron chi connectivity index (χ3n) is 3.82. The first kappa shape index (κ1) is 13.1. The van der Waals surface area contributed by atoms with Gasteiger partial charge in [-0.15, -0.1) is 0 Å². The van der Waals surface area contributed by atoms with Crippen LogP contribution >= 0.6 is 0 Å².